The van der Waals surface area contributed by atoms with E-state index in [0.29, 0.717) is 28.2 Å². The molecule has 4 saturated carbocycles. The van der Waals surface area contributed by atoms with Crippen molar-refractivity contribution in [3.05, 3.63) is 101 Å². The third-order valence-electron chi connectivity index (χ3n) is 9.90. The number of ether oxygens (including phenoxy) is 1. The Balaban J connectivity index is 1.10. The number of carbonyl (C=O) groups is 2. The third kappa shape index (κ3) is 5.85. The van der Waals surface area contributed by atoms with Gasteiger partial charge in [0.2, 0.25) is 0 Å². The predicted molar refractivity (Wildman–Crippen MR) is 165 cm³/mol. The molecule has 0 radical (unpaired) electrons. The molecule has 2 aromatic heterocycles. The van der Waals surface area contributed by atoms with Crippen LogP contribution in [0.2, 0.25) is 0 Å². The summed E-state index contributed by atoms with van der Waals surface area (Å²) in [6, 6.07) is 20.3. The molecule has 4 aromatic rings. The molecular weight excluding hydrogens is 536 g/mol. The molecule has 2 aromatic carbocycles. The van der Waals surface area contributed by atoms with E-state index in [4.69, 9.17) is 9.72 Å². The normalized spacial score (nSPS) is 23.7. The van der Waals surface area contributed by atoms with E-state index in [1.54, 1.807) is 30.5 Å². The van der Waals surface area contributed by atoms with E-state index in [1.165, 1.54) is 38.5 Å². The minimum atomic E-state index is -0.440. The maximum Gasteiger partial charge on any atom is 0.338 e. The maximum absolute atomic E-state index is 13.8. The first-order valence-corrected chi connectivity index (χ1v) is 15.6. The molecule has 4 aliphatic rings. The number of aryl methyl sites for hydroxylation is 2. The summed E-state index contributed by atoms with van der Waals surface area (Å²) < 4.78 is 5.50. The fourth-order valence-corrected chi connectivity index (χ4v) is 8.35. The topological polar surface area (TPSA) is 97.0 Å². The highest BCUT2D eigenvalue weighted by atomic mass is 16.5. The second kappa shape index (κ2) is 11.4. The van der Waals surface area contributed by atoms with Crippen LogP contribution in [0.3, 0.4) is 0 Å². The van der Waals surface area contributed by atoms with E-state index in [9.17, 15) is 9.59 Å². The number of pyridine rings is 1. The molecule has 4 aliphatic carbocycles. The van der Waals surface area contributed by atoms with Gasteiger partial charge < -0.3 is 15.0 Å². The Morgan fingerprint density at radius 1 is 0.953 bits per heavy atom. The van der Waals surface area contributed by atoms with Gasteiger partial charge in [-0.25, -0.2) is 9.78 Å². The highest BCUT2D eigenvalue weighted by Crippen LogP contribution is 2.61. The van der Waals surface area contributed by atoms with Crippen LogP contribution in [0.25, 0.3) is 11.4 Å². The Morgan fingerprint density at radius 2 is 1.70 bits per heavy atom. The molecule has 0 unspecified atom stereocenters. The molecule has 2 heterocycles. The summed E-state index contributed by atoms with van der Waals surface area (Å²) in [5.74, 6) is 2.59. The zero-order chi connectivity index (χ0) is 29.4. The summed E-state index contributed by atoms with van der Waals surface area (Å²) >= 11 is 0. The van der Waals surface area contributed by atoms with Gasteiger partial charge in [0.15, 0.2) is 0 Å². The Morgan fingerprint density at radius 3 is 2.42 bits per heavy atom. The number of nitrogens with one attached hydrogen (secondary N) is 2. The number of anilines is 1. The van der Waals surface area contributed by atoms with Crippen LogP contribution < -0.4 is 5.32 Å². The highest BCUT2D eigenvalue weighted by molar-refractivity contribution is 6.04. The molecule has 0 atom stereocenters. The van der Waals surface area contributed by atoms with Crippen molar-refractivity contribution in [2.24, 2.45) is 23.2 Å². The average molecular weight is 575 g/mol. The van der Waals surface area contributed by atoms with E-state index >= 15 is 0 Å². The Bertz CT molecular complexity index is 1610. The van der Waals surface area contributed by atoms with Crippen molar-refractivity contribution in [1.82, 2.24) is 15.0 Å². The number of aromatic amines is 1. The summed E-state index contributed by atoms with van der Waals surface area (Å²) in [5, 5.41) is 3.00. The van der Waals surface area contributed by atoms with Crippen LogP contribution in [-0.2, 0) is 17.8 Å². The first-order chi connectivity index (χ1) is 20.9. The number of hydrogen-bond acceptors (Lipinski definition) is 5. The predicted octanol–water partition coefficient (Wildman–Crippen LogP) is 7.54. The van der Waals surface area contributed by atoms with E-state index in [-0.39, 0.29) is 12.5 Å². The van der Waals surface area contributed by atoms with Gasteiger partial charge in [-0.05, 0) is 117 Å². The number of rotatable bonds is 9. The SMILES string of the molecule is Cc1ncccc1-c1nc(C(=O)Nc2cccc(C(=O)OCc3ccccc3)c2)c(CCC23CC4CC(CC(C4)C2)C3)[nH]1. The number of hydrogen-bond donors (Lipinski definition) is 2. The van der Waals surface area contributed by atoms with Gasteiger partial charge in [-0.1, -0.05) is 36.4 Å². The molecule has 8 rings (SSSR count). The monoisotopic (exact) mass is 574 g/mol. The summed E-state index contributed by atoms with van der Waals surface area (Å²) in [6.07, 6.45) is 11.9. The zero-order valence-corrected chi connectivity index (χ0v) is 24.6. The second-order valence-corrected chi connectivity index (χ2v) is 13.1. The number of amides is 1. The van der Waals surface area contributed by atoms with Gasteiger partial charge in [0.05, 0.1) is 5.56 Å². The Hall–Kier alpha value is -4.26. The molecule has 7 nitrogen and oxygen atoms in total. The maximum atomic E-state index is 13.8. The number of aromatic nitrogens is 3. The van der Waals surface area contributed by atoms with Crippen molar-refractivity contribution in [1.29, 1.82) is 0 Å². The lowest BCUT2D eigenvalue weighted by Crippen LogP contribution is -2.46. The first-order valence-electron chi connectivity index (χ1n) is 15.6. The van der Waals surface area contributed by atoms with Crippen LogP contribution in [0.4, 0.5) is 5.69 Å². The average Bonchev–Trinajstić information content (AvgIpc) is 3.43. The van der Waals surface area contributed by atoms with Crippen LogP contribution in [-0.4, -0.2) is 26.8 Å². The van der Waals surface area contributed by atoms with Crippen molar-refractivity contribution in [3.63, 3.8) is 0 Å². The number of imidazole rings is 1. The van der Waals surface area contributed by atoms with Gasteiger partial charge in [-0.15, -0.1) is 0 Å². The molecule has 4 fully saturated rings. The van der Waals surface area contributed by atoms with Crippen LogP contribution in [0, 0.1) is 30.1 Å². The molecule has 2 N–H and O–H groups in total. The number of benzene rings is 2. The van der Waals surface area contributed by atoms with E-state index in [0.717, 1.165) is 53.1 Å². The molecule has 4 bridgehead atoms. The van der Waals surface area contributed by atoms with Crippen molar-refractivity contribution < 1.29 is 14.3 Å². The van der Waals surface area contributed by atoms with Crippen LogP contribution in [0.1, 0.15) is 82.7 Å². The molecule has 1 amide bonds. The minimum absolute atomic E-state index is 0.188. The molecule has 43 heavy (non-hydrogen) atoms. The number of esters is 1. The summed E-state index contributed by atoms with van der Waals surface area (Å²) in [4.78, 5) is 39.3. The zero-order valence-electron chi connectivity index (χ0n) is 24.6. The first kappa shape index (κ1) is 27.6. The van der Waals surface area contributed by atoms with Gasteiger partial charge in [0.1, 0.15) is 18.1 Å². The van der Waals surface area contributed by atoms with E-state index in [1.807, 2.05) is 49.4 Å². The second-order valence-electron chi connectivity index (χ2n) is 13.1. The van der Waals surface area contributed by atoms with Crippen molar-refractivity contribution >= 4 is 17.6 Å². The van der Waals surface area contributed by atoms with E-state index < -0.39 is 5.97 Å². The number of nitrogens with zero attached hydrogens (tertiary/aromatic N) is 2. The van der Waals surface area contributed by atoms with Crippen LogP contribution in [0.5, 0.6) is 0 Å². The minimum Gasteiger partial charge on any atom is -0.457 e. The van der Waals surface area contributed by atoms with Crippen LogP contribution >= 0.6 is 0 Å². The van der Waals surface area contributed by atoms with Crippen molar-refractivity contribution in [3.8, 4) is 11.4 Å². The molecule has 0 aliphatic heterocycles. The third-order valence-corrected chi connectivity index (χ3v) is 9.90. The molecule has 7 heteroatoms. The molecule has 220 valence electrons. The largest absolute Gasteiger partial charge is 0.457 e. The highest BCUT2D eigenvalue weighted by Gasteiger charge is 2.50. The fraction of sp³-hybridized carbons (Fsp3) is 0.389. The van der Waals surface area contributed by atoms with Crippen molar-refractivity contribution in [2.75, 3.05) is 5.32 Å². The van der Waals surface area contributed by atoms with Gasteiger partial charge in [-0.2, -0.15) is 0 Å². The van der Waals surface area contributed by atoms with Crippen molar-refractivity contribution in [2.45, 2.75) is 64.9 Å². The fourth-order valence-electron chi connectivity index (χ4n) is 8.35. The Labute approximate surface area is 252 Å². The lowest BCUT2D eigenvalue weighted by Gasteiger charge is -2.57. The molecule has 0 spiro atoms. The van der Waals surface area contributed by atoms with Gasteiger partial charge in [0, 0.05) is 28.8 Å². The lowest BCUT2D eigenvalue weighted by atomic mass is 9.48. The quantitative estimate of drug-likeness (QED) is 0.201. The Kier molecular flexibility index (Phi) is 7.33. The van der Waals surface area contributed by atoms with Gasteiger partial charge in [-0.3, -0.25) is 9.78 Å². The molecule has 0 saturated heterocycles. The van der Waals surface area contributed by atoms with Crippen LogP contribution in [0.15, 0.2) is 72.9 Å². The number of H-pyrrole nitrogens is 1. The smallest absolute Gasteiger partial charge is 0.338 e. The molecular formula is C36H38N4O3. The lowest BCUT2D eigenvalue weighted by molar-refractivity contribution is -0.0570. The van der Waals surface area contributed by atoms with Gasteiger partial charge in [0.25, 0.3) is 5.91 Å². The summed E-state index contributed by atoms with van der Waals surface area (Å²) in [7, 11) is 0. The summed E-state index contributed by atoms with van der Waals surface area (Å²) in [6.45, 7) is 2.14. The van der Waals surface area contributed by atoms with Gasteiger partial charge >= 0.3 is 5.97 Å². The number of carbonyl (C=O) groups excluding carboxylic acids is 2. The van der Waals surface area contributed by atoms with E-state index in [2.05, 4.69) is 15.3 Å². The summed E-state index contributed by atoms with van der Waals surface area (Å²) in [5.41, 5.74) is 5.23. The standard InChI is InChI=1S/C36H38N4O3/c1-23-30(11-6-14-37-23)33-39-31(12-13-36-19-25-15-26(20-36)17-27(16-25)21-36)32(40-33)34(41)38-29-10-5-9-28(18-29)35(42)43-22-24-7-3-2-4-8-24/h2-11,14,18,25-27H,12-13,15-17,19-22H2,1H3,(H,38,41)(H,39,40).